The molecule has 0 saturated heterocycles. The van der Waals surface area contributed by atoms with Gasteiger partial charge in [0.25, 0.3) is 0 Å². The summed E-state index contributed by atoms with van der Waals surface area (Å²) >= 11 is 0. The number of carbonyl (C=O) groups excluding carboxylic acids is 3. The molecule has 0 N–H and O–H groups in total. The van der Waals surface area contributed by atoms with Crippen LogP contribution in [0, 0.1) is 0 Å². The Morgan fingerprint density at radius 1 is 0.313 bits per heavy atom. The predicted molar refractivity (Wildman–Crippen MR) is 288 cm³/mol. The first-order chi connectivity index (χ1) is 33.0. The van der Waals surface area contributed by atoms with Crippen molar-refractivity contribution >= 4 is 17.9 Å². The second kappa shape index (κ2) is 54.9. The molecule has 0 amide bonds. The SMILES string of the molecule is CC/C=C\C/C=C\C/C=C\C/C=C\C/C=C\C/C=C\CCC(=O)OCC(COC(=O)CCCCCCC/C=C\CCCCCCCC)OC(=O)CCCCCCC/C=C\CCCCCCCC. The maximum atomic E-state index is 12.8. The minimum atomic E-state index is -0.816. The monoisotopic (exact) mass is 931 g/mol. The summed E-state index contributed by atoms with van der Waals surface area (Å²) in [6.07, 6.45) is 72.6. The Bertz CT molecular complexity index is 1350. The van der Waals surface area contributed by atoms with Crippen molar-refractivity contribution in [3.05, 3.63) is 97.2 Å². The number of rotatable bonds is 49. The Kier molecular flexibility index (Phi) is 51.9. The van der Waals surface area contributed by atoms with E-state index < -0.39 is 6.10 Å². The second-order valence-electron chi connectivity index (χ2n) is 18.1. The number of unbranched alkanes of at least 4 members (excludes halogenated alkanes) is 22. The number of allylic oxidation sites excluding steroid dienone is 16. The van der Waals surface area contributed by atoms with E-state index in [-0.39, 0.29) is 37.5 Å². The lowest BCUT2D eigenvalue weighted by Gasteiger charge is -2.18. The fourth-order valence-electron chi connectivity index (χ4n) is 7.40. The molecule has 0 aromatic carbocycles. The largest absolute Gasteiger partial charge is 0.462 e. The molecule has 382 valence electrons. The maximum absolute atomic E-state index is 12.8. The van der Waals surface area contributed by atoms with Gasteiger partial charge < -0.3 is 14.2 Å². The third-order valence-corrected chi connectivity index (χ3v) is 11.6. The number of ether oxygens (including phenoxy) is 3. The standard InChI is InChI=1S/C61H102O6/c1-4-7-10-13-16-19-22-25-28-29-30-31-34-36-39-42-45-48-51-54-60(63)66-57-58(67-61(64)55-52-49-46-43-40-37-33-27-24-21-18-15-12-9-6-3)56-65-59(62)53-50-47-44-41-38-35-32-26-23-20-17-14-11-8-5-2/h7,10,16,19,25-28,30-33,36,39,45,48,58H,4-6,8-9,11-15,17-18,20-24,29,34-35,37-38,40-44,46-47,49-57H2,1-3H3/b10-7-,19-16-,28-25-,31-30-,32-26-,33-27-,39-36-,48-45-. The van der Waals surface area contributed by atoms with Gasteiger partial charge >= 0.3 is 17.9 Å². The lowest BCUT2D eigenvalue weighted by Crippen LogP contribution is -2.30. The van der Waals surface area contributed by atoms with E-state index in [9.17, 15) is 14.4 Å². The molecule has 67 heavy (non-hydrogen) atoms. The van der Waals surface area contributed by atoms with Crippen LogP contribution in [0.25, 0.3) is 0 Å². The van der Waals surface area contributed by atoms with Crippen LogP contribution in [0.5, 0.6) is 0 Å². The van der Waals surface area contributed by atoms with Crippen LogP contribution in [0.4, 0.5) is 0 Å². The lowest BCUT2D eigenvalue weighted by atomic mass is 10.1. The van der Waals surface area contributed by atoms with E-state index in [1.54, 1.807) is 0 Å². The molecule has 0 aliphatic rings. The van der Waals surface area contributed by atoms with Crippen LogP contribution in [0.15, 0.2) is 97.2 Å². The van der Waals surface area contributed by atoms with Gasteiger partial charge in [-0.2, -0.15) is 0 Å². The van der Waals surface area contributed by atoms with Crippen molar-refractivity contribution in [3.63, 3.8) is 0 Å². The Balaban J connectivity index is 4.52. The Labute approximate surface area is 413 Å². The summed E-state index contributed by atoms with van der Waals surface area (Å²) in [5, 5.41) is 0. The Hall–Kier alpha value is -3.67. The van der Waals surface area contributed by atoms with Crippen LogP contribution in [-0.4, -0.2) is 37.2 Å². The first kappa shape index (κ1) is 63.3. The molecule has 1 unspecified atom stereocenters. The van der Waals surface area contributed by atoms with Gasteiger partial charge in [0.2, 0.25) is 0 Å². The van der Waals surface area contributed by atoms with Gasteiger partial charge in [-0.1, -0.05) is 221 Å². The van der Waals surface area contributed by atoms with Gasteiger partial charge in [-0.05, 0) is 109 Å². The third kappa shape index (κ3) is 53.2. The van der Waals surface area contributed by atoms with Crippen molar-refractivity contribution in [1.29, 1.82) is 0 Å². The van der Waals surface area contributed by atoms with Crippen LogP contribution >= 0.6 is 0 Å². The highest BCUT2D eigenvalue weighted by atomic mass is 16.6. The molecule has 0 radical (unpaired) electrons. The third-order valence-electron chi connectivity index (χ3n) is 11.6. The summed E-state index contributed by atoms with van der Waals surface area (Å²) in [6.45, 7) is 6.44. The van der Waals surface area contributed by atoms with Gasteiger partial charge in [0.15, 0.2) is 6.10 Å². The molecule has 0 aliphatic heterocycles. The minimum Gasteiger partial charge on any atom is -0.462 e. The van der Waals surface area contributed by atoms with Gasteiger partial charge in [0.1, 0.15) is 13.2 Å². The fraction of sp³-hybridized carbons (Fsp3) is 0.689. The average molecular weight is 931 g/mol. The Morgan fingerprint density at radius 2 is 0.612 bits per heavy atom. The summed E-state index contributed by atoms with van der Waals surface area (Å²) in [4.78, 5) is 38.1. The number of esters is 3. The van der Waals surface area contributed by atoms with Crippen LogP contribution in [0.2, 0.25) is 0 Å². The van der Waals surface area contributed by atoms with Crippen molar-refractivity contribution in [2.45, 2.75) is 258 Å². The van der Waals surface area contributed by atoms with E-state index in [0.717, 1.165) is 103 Å². The molecule has 0 aliphatic carbocycles. The fourth-order valence-corrected chi connectivity index (χ4v) is 7.40. The molecule has 0 aromatic rings. The maximum Gasteiger partial charge on any atom is 0.306 e. The van der Waals surface area contributed by atoms with Crippen molar-refractivity contribution in [2.24, 2.45) is 0 Å². The highest BCUT2D eigenvalue weighted by Gasteiger charge is 2.19. The van der Waals surface area contributed by atoms with Crippen molar-refractivity contribution in [3.8, 4) is 0 Å². The molecule has 0 bridgehead atoms. The summed E-state index contributed by atoms with van der Waals surface area (Å²) in [7, 11) is 0. The number of hydrogen-bond acceptors (Lipinski definition) is 6. The first-order valence-corrected chi connectivity index (χ1v) is 27.7. The minimum absolute atomic E-state index is 0.109. The van der Waals surface area contributed by atoms with Gasteiger partial charge in [-0.25, -0.2) is 0 Å². The number of hydrogen-bond donors (Lipinski definition) is 0. The molecule has 0 heterocycles. The van der Waals surface area contributed by atoms with E-state index in [2.05, 4.69) is 112 Å². The van der Waals surface area contributed by atoms with Crippen molar-refractivity contribution in [2.75, 3.05) is 13.2 Å². The average Bonchev–Trinajstić information content (AvgIpc) is 3.33. The molecule has 1 atom stereocenters. The Morgan fingerprint density at radius 3 is 1.00 bits per heavy atom. The summed E-state index contributed by atoms with van der Waals surface area (Å²) in [5.41, 5.74) is 0. The van der Waals surface area contributed by atoms with Gasteiger partial charge in [-0.3, -0.25) is 14.4 Å². The summed E-state index contributed by atoms with van der Waals surface area (Å²) < 4.78 is 16.8. The predicted octanol–water partition coefficient (Wildman–Crippen LogP) is 18.5. The van der Waals surface area contributed by atoms with E-state index >= 15 is 0 Å². The van der Waals surface area contributed by atoms with Crippen LogP contribution in [-0.2, 0) is 28.6 Å². The molecule has 0 aromatic heterocycles. The summed E-state index contributed by atoms with van der Waals surface area (Å²) in [5.74, 6) is -1.01. The van der Waals surface area contributed by atoms with Crippen molar-refractivity contribution < 1.29 is 28.6 Å². The van der Waals surface area contributed by atoms with Gasteiger partial charge in [0, 0.05) is 19.3 Å². The smallest absolute Gasteiger partial charge is 0.306 e. The molecule has 0 spiro atoms. The zero-order valence-corrected chi connectivity index (χ0v) is 43.6. The van der Waals surface area contributed by atoms with Gasteiger partial charge in [0.05, 0.1) is 0 Å². The zero-order valence-electron chi connectivity index (χ0n) is 43.6. The molecule has 0 saturated carbocycles. The quantitative estimate of drug-likeness (QED) is 0.0262. The lowest BCUT2D eigenvalue weighted by molar-refractivity contribution is -0.166. The topological polar surface area (TPSA) is 78.9 Å². The molecule has 6 nitrogen and oxygen atoms in total. The van der Waals surface area contributed by atoms with E-state index in [1.165, 1.54) is 103 Å². The van der Waals surface area contributed by atoms with Crippen LogP contribution in [0.1, 0.15) is 252 Å². The molecular formula is C61H102O6. The van der Waals surface area contributed by atoms with Crippen LogP contribution in [0.3, 0.4) is 0 Å². The van der Waals surface area contributed by atoms with Crippen LogP contribution < -0.4 is 0 Å². The van der Waals surface area contributed by atoms with Crippen molar-refractivity contribution in [1.82, 2.24) is 0 Å². The number of carbonyl (C=O) groups is 3. The molecule has 0 fully saturated rings. The highest BCUT2D eigenvalue weighted by Crippen LogP contribution is 2.13. The highest BCUT2D eigenvalue weighted by molar-refractivity contribution is 5.71. The molecular weight excluding hydrogens is 829 g/mol. The van der Waals surface area contributed by atoms with Gasteiger partial charge in [-0.15, -0.1) is 0 Å². The molecule has 0 rings (SSSR count). The molecule has 6 heteroatoms. The van der Waals surface area contributed by atoms with E-state index in [4.69, 9.17) is 14.2 Å². The first-order valence-electron chi connectivity index (χ1n) is 27.7. The summed E-state index contributed by atoms with van der Waals surface area (Å²) in [6, 6.07) is 0. The van der Waals surface area contributed by atoms with E-state index in [0.29, 0.717) is 19.3 Å². The second-order valence-corrected chi connectivity index (χ2v) is 18.1. The van der Waals surface area contributed by atoms with E-state index in [1.807, 2.05) is 6.08 Å². The normalized spacial score (nSPS) is 12.8. The zero-order chi connectivity index (χ0) is 48.6.